The van der Waals surface area contributed by atoms with Crippen molar-refractivity contribution < 1.29 is 9.53 Å². The van der Waals surface area contributed by atoms with Crippen molar-refractivity contribution in [2.24, 2.45) is 5.73 Å². The number of amides is 1. The highest BCUT2D eigenvalue weighted by Gasteiger charge is 2.14. The van der Waals surface area contributed by atoms with Crippen molar-refractivity contribution in [1.82, 2.24) is 9.97 Å². The van der Waals surface area contributed by atoms with Gasteiger partial charge in [-0.2, -0.15) is 0 Å². The lowest BCUT2D eigenvalue weighted by molar-refractivity contribution is 0.1000. The van der Waals surface area contributed by atoms with Crippen LogP contribution >= 0.6 is 0 Å². The van der Waals surface area contributed by atoms with Crippen LogP contribution in [-0.2, 0) is 0 Å². The van der Waals surface area contributed by atoms with Gasteiger partial charge in [-0.25, -0.2) is 0 Å². The quantitative estimate of drug-likeness (QED) is 0.575. The zero-order valence-electron chi connectivity index (χ0n) is 14.2. The minimum Gasteiger partial charge on any atom is -0.456 e. The Morgan fingerprint density at radius 1 is 1.04 bits per heavy atom. The average Bonchev–Trinajstić information content (AvgIpc) is 3.04. The van der Waals surface area contributed by atoms with E-state index in [9.17, 15) is 4.79 Å². The predicted octanol–water partition coefficient (Wildman–Crippen LogP) is 4.43. The van der Waals surface area contributed by atoms with Gasteiger partial charge in [0.05, 0.1) is 16.8 Å². The number of hydrogen-bond acceptors (Lipinski definition) is 3. The number of nitrogens with zero attached hydrogens (tertiary/aromatic N) is 1. The van der Waals surface area contributed by atoms with Crippen LogP contribution in [0.1, 0.15) is 16.1 Å². The molecule has 2 aromatic heterocycles. The molecule has 0 atom stereocenters. The summed E-state index contributed by atoms with van der Waals surface area (Å²) in [5.74, 6) is 0.950. The van der Waals surface area contributed by atoms with E-state index >= 15 is 0 Å². The van der Waals surface area contributed by atoms with Crippen LogP contribution in [0.3, 0.4) is 0 Å². The van der Waals surface area contributed by atoms with Crippen LogP contribution in [0.15, 0.2) is 66.9 Å². The van der Waals surface area contributed by atoms with E-state index in [1.54, 1.807) is 12.3 Å². The Morgan fingerprint density at radius 3 is 2.65 bits per heavy atom. The van der Waals surface area contributed by atoms with Gasteiger partial charge in [-0.05, 0) is 49.4 Å². The molecule has 26 heavy (non-hydrogen) atoms. The Bertz CT molecular complexity index is 1110. The molecule has 128 valence electrons. The molecule has 5 nitrogen and oxygen atoms in total. The third kappa shape index (κ3) is 2.80. The third-order valence-electron chi connectivity index (χ3n) is 4.28. The highest BCUT2D eigenvalue weighted by Crippen LogP contribution is 2.36. The molecule has 0 spiro atoms. The molecule has 0 radical (unpaired) electrons. The summed E-state index contributed by atoms with van der Waals surface area (Å²) >= 11 is 0. The van der Waals surface area contributed by atoms with Crippen LogP contribution in [0, 0.1) is 6.92 Å². The van der Waals surface area contributed by atoms with Gasteiger partial charge in [0, 0.05) is 22.8 Å². The summed E-state index contributed by atoms with van der Waals surface area (Å²) in [7, 11) is 0. The fourth-order valence-electron chi connectivity index (χ4n) is 3.02. The van der Waals surface area contributed by atoms with E-state index < -0.39 is 5.91 Å². The van der Waals surface area contributed by atoms with Gasteiger partial charge in [0.2, 0.25) is 0 Å². The molecule has 0 aliphatic carbocycles. The van der Waals surface area contributed by atoms with Gasteiger partial charge in [-0.3, -0.25) is 9.78 Å². The van der Waals surface area contributed by atoms with Gasteiger partial charge in [-0.15, -0.1) is 0 Å². The Balaban J connectivity index is 1.79. The molecule has 4 rings (SSSR count). The van der Waals surface area contributed by atoms with Crippen molar-refractivity contribution in [3.63, 3.8) is 0 Å². The van der Waals surface area contributed by atoms with Crippen LogP contribution in [-0.4, -0.2) is 15.9 Å². The lowest BCUT2D eigenvalue weighted by atomic mass is 10.1. The second kappa shape index (κ2) is 6.37. The van der Waals surface area contributed by atoms with Gasteiger partial charge in [0.1, 0.15) is 11.5 Å². The number of pyridine rings is 1. The number of H-pyrrole nitrogens is 1. The number of primary amides is 1. The summed E-state index contributed by atoms with van der Waals surface area (Å²) in [5.41, 5.74) is 9.15. The summed E-state index contributed by atoms with van der Waals surface area (Å²) in [5, 5.41) is 0.935. The molecule has 3 N–H and O–H groups in total. The Kier molecular flexibility index (Phi) is 3.89. The normalized spacial score (nSPS) is 10.8. The number of fused-ring (bicyclic) bond motifs is 1. The Labute approximate surface area is 150 Å². The standard InChI is InChI=1S/C21H17N3O2/c1-13-16(21(22)25)12-18(24-13)15-6-2-3-9-19(15)26-20-10-4-8-17-14(20)7-5-11-23-17/h2-12,24H,1H3,(H2,22,25). The zero-order chi connectivity index (χ0) is 18.1. The van der Waals surface area contributed by atoms with Crippen LogP contribution < -0.4 is 10.5 Å². The molecule has 0 saturated carbocycles. The number of benzene rings is 2. The molecule has 0 unspecified atom stereocenters. The molecule has 0 bridgehead atoms. The molecule has 0 saturated heterocycles. The molecule has 0 aliphatic heterocycles. The number of para-hydroxylation sites is 1. The van der Waals surface area contributed by atoms with Crippen molar-refractivity contribution in [1.29, 1.82) is 0 Å². The van der Waals surface area contributed by atoms with Gasteiger partial charge in [0.25, 0.3) is 5.91 Å². The minimum atomic E-state index is -0.455. The van der Waals surface area contributed by atoms with Crippen molar-refractivity contribution in [3.8, 4) is 22.8 Å². The number of nitrogens with two attached hydrogens (primary N) is 1. The van der Waals surface area contributed by atoms with Crippen molar-refractivity contribution in [2.45, 2.75) is 6.92 Å². The van der Waals surface area contributed by atoms with E-state index in [0.29, 0.717) is 11.3 Å². The molecular weight excluding hydrogens is 326 g/mol. The molecule has 0 fully saturated rings. The van der Waals surface area contributed by atoms with Gasteiger partial charge in [0.15, 0.2) is 0 Å². The smallest absolute Gasteiger partial charge is 0.250 e. The van der Waals surface area contributed by atoms with Gasteiger partial charge >= 0.3 is 0 Å². The topological polar surface area (TPSA) is 81.0 Å². The van der Waals surface area contributed by atoms with Crippen LogP contribution in [0.4, 0.5) is 0 Å². The van der Waals surface area contributed by atoms with E-state index in [0.717, 1.165) is 33.6 Å². The molecule has 2 aromatic carbocycles. The fourth-order valence-corrected chi connectivity index (χ4v) is 3.02. The zero-order valence-corrected chi connectivity index (χ0v) is 14.2. The number of hydrogen-bond donors (Lipinski definition) is 2. The Morgan fingerprint density at radius 2 is 1.85 bits per heavy atom. The van der Waals surface area contributed by atoms with Gasteiger partial charge in [-0.1, -0.05) is 18.2 Å². The maximum absolute atomic E-state index is 11.6. The first kappa shape index (κ1) is 15.9. The lowest BCUT2D eigenvalue weighted by Crippen LogP contribution is -2.10. The Hall–Kier alpha value is -3.60. The maximum Gasteiger partial charge on any atom is 0.250 e. The number of ether oxygens (including phenoxy) is 1. The largest absolute Gasteiger partial charge is 0.456 e. The van der Waals surface area contributed by atoms with Crippen LogP contribution in [0.5, 0.6) is 11.5 Å². The fraction of sp³-hybridized carbons (Fsp3) is 0.0476. The number of aromatic amines is 1. The number of aryl methyl sites for hydroxylation is 1. The summed E-state index contributed by atoms with van der Waals surface area (Å²) < 4.78 is 6.21. The first-order valence-electron chi connectivity index (χ1n) is 8.24. The van der Waals surface area contributed by atoms with E-state index in [4.69, 9.17) is 10.5 Å². The van der Waals surface area contributed by atoms with Crippen LogP contribution in [0.25, 0.3) is 22.2 Å². The van der Waals surface area contributed by atoms with Crippen molar-refractivity contribution >= 4 is 16.8 Å². The monoisotopic (exact) mass is 343 g/mol. The molecule has 2 heterocycles. The molecule has 1 amide bonds. The molecule has 5 heteroatoms. The molecule has 0 aliphatic rings. The average molecular weight is 343 g/mol. The minimum absolute atomic E-state index is 0.455. The third-order valence-corrected chi connectivity index (χ3v) is 4.28. The predicted molar refractivity (Wildman–Crippen MR) is 101 cm³/mol. The first-order chi connectivity index (χ1) is 12.6. The highest BCUT2D eigenvalue weighted by molar-refractivity contribution is 5.95. The van der Waals surface area contributed by atoms with E-state index in [-0.39, 0.29) is 0 Å². The highest BCUT2D eigenvalue weighted by atomic mass is 16.5. The number of carbonyl (C=O) groups excluding carboxylic acids is 1. The van der Waals surface area contributed by atoms with E-state index in [1.165, 1.54) is 0 Å². The number of nitrogens with one attached hydrogen (secondary N) is 1. The van der Waals surface area contributed by atoms with Crippen LogP contribution in [0.2, 0.25) is 0 Å². The van der Waals surface area contributed by atoms with Crippen molar-refractivity contribution in [2.75, 3.05) is 0 Å². The van der Waals surface area contributed by atoms with Crippen molar-refractivity contribution in [3.05, 3.63) is 78.1 Å². The van der Waals surface area contributed by atoms with Gasteiger partial charge < -0.3 is 15.5 Å². The summed E-state index contributed by atoms with van der Waals surface area (Å²) in [6, 6.07) is 19.1. The SMILES string of the molecule is Cc1[nH]c(-c2ccccc2Oc2cccc3ncccc23)cc1C(N)=O. The maximum atomic E-state index is 11.6. The summed E-state index contributed by atoms with van der Waals surface area (Å²) in [6.45, 7) is 1.82. The first-order valence-corrected chi connectivity index (χ1v) is 8.24. The second-order valence-electron chi connectivity index (χ2n) is 6.01. The second-order valence-corrected chi connectivity index (χ2v) is 6.01. The van der Waals surface area contributed by atoms with E-state index in [1.807, 2.05) is 61.5 Å². The number of rotatable bonds is 4. The summed E-state index contributed by atoms with van der Waals surface area (Å²) in [4.78, 5) is 19.1. The number of carbonyl (C=O) groups is 1. The molecule has 4 aromatic rings. The van der Waals surface area contributed by atoms with E-state index in [2.05, 4.69) is 9.97 Å². The summed E-state index contributed by atoms with van der Waals surface area (Å²) in [6.07, 6.45) is 1.76. The molecular formula is C21H17N3O2. The lowest BCUT2D eigenvalue weighted by Gasteiger charge is -2.12. The number of aromatic nitrogens is 2.